The first-order chi connectivity index (χ1) is 8.33. The lowest BCUT2D eigenvalue weighted by atomic mass is 9.96. The Morgan fingerprint density at radius 3 is 2.56 bits per heavy atom. The summed E-state index contributed by atoms with van der Waals surface area (Å²) in [6.07, 6.45) is 0.909. The Labute approximate surface area is 122 Å². The van der Waals surface area contributed by atoms with Gasteiger partial charge in [0.05, 0.1) is 12.6 Å². The van der Waals surface area contributed by atoms with Crippen molar-refractivity contribution < 1.29 is 5.11 Å². The molecule has 3 nitrogen and oxygen atoms in total. The molecule has 0 aliphatic rings. The molecule has 2 unspecified atom stereocenters. The van der Waals surface area contributed by atoms with Crippen molar-refractivity contribution in [3.63, 3.8) is 0 Å². The summed E-state index contributed by atoms with van der Waals surface area (Å²) in [5.41, 5.74) is 6.00. The lowest BCUT2D eigenvalue weighted by Crippen LogP contribution is -2.50. The van der Waals surface area contributed by atoms with Crippen LogP contribution in [0.25, 0.3) is 0 Å². The molecule has 2 atom stereocenters. The zero-order valence-electron chi connectivity index (χ0n) is 11.5. The van der Waals surface area contributed by atoms with Crippen molar-refractivity contribution in [1.29, 1.82) is 0 Å². The molecule has 0 bridgehead atoms. The number of aliphatic hydroxyl groups excluding tert-OH is 1. The number of aliphatic hydroxyl groups is 1. The average molecular weight is 335 g/mol. The summed E-state index contributed by atoms with van der Waals surface area (Å²) in [5, 5.41) is 11.6. The van der Waals surface area contributed by atoms with Gasteiger partial charge >= 0.3 is 0 Å². The molecule has 0 saturated carbocycles. The zero-order valence-corrected chi connectivity index (χ0v) is 13.9. The normalized spacial score (nSPS) is 16.0. The van der Waals surface area contributed by atoms with E-state index in [2.05, 4.69) is 39.2 Å². The minimum Gasteiger partial charge on any atom is -0.394 e. The maximum atomic E-state index is 9.53. The van der Waals surface area contributed by atoms with Gasteiger partial charge < -0.3 is 10.8 Å². The second-order valence-electron chi connectivity index (χ2n) is 5.27. The third-order valence-electron chi connectivity index (χ3n) is 3.52. The molecule has 0 amide bonds. The highest BCUT2D eigenvalue weighted by atomic mass is 79.9. The van der Waals surface area contributed by atoms with Crippen LogP contribution in [-0.2, 0) is 0 Å². The minimum absolute atomic E-state index is 0.0615. The molecule has 0 radical (unpaired) electrons. The molecule has 3 N–H and O–H groups in total. The first-order valence-electron chi connectivity index (χ1n) is 6.16. The number of halogens is 1. The SMILES string of the molecule is CCC(N)C(c1cc(Br)cs1)N(C)C(C)(C)CO. The first-order valence-corrected chi connectivity index (χ1v) is 7.84. The summed E-state index contributed by atoms with van der Waals surface area (Å²) in [4.78, 5) is 3.42. The van der Waals surface area contributed by atoms with Crippen LogP contribution < -0.4 is 5.73 Å². The van der Waals surface area contributed by atoms with E-state index in [-0.39, 0.29) is 24.2 Å². The van der Waals surface area contributed by atoms with Crippen molar-refractivity contribution in [2.45, 2.75) is 44.8 Å². The van der Waals surface area contributed by atoms with E-state index < -0.39 is 0 Å². The summed E-state index contributed by atoms with van der Waals surface area (Å²) in [6, 6.07) is 2.31. The fourth-order valence-corrected chi connectivity index (χ4v) is 3.55. The van der Waals surface area contributed by atoms with Gasteiger partial charge in [-0.15, -0.1) is 11.3 Å². The molecule has 1 aromatic heterocycles. The molecule has 0 fully saturated rings. The van der Waals surface area contributed by atoms with Crippen molar-refractivity contribution in [1.82, 2.24) is 4.90 Å². The van der Waals surface area contributed by atoms with E-state index in [0.29, 0.717) is 0 Å². The Morgan fingerprint density at radius 1 is 1.56 bits per heavy atom. The number of hydrogen-bond acceptors (Lipinski definition) is 4. The van der Waals surface area contributed by atoms with Crippen molar-refractivity contribution in [3.8, 4) is 0 Å². The van der Waals surface area contributed by atoms with Gasteiger partial charge in [-0.25, -0.2) is 0 Å². The Balaban J connectivity index is 3.06. The number of nitrogens with two attached hydrogens (primary N) is 1. The van der Waals surface area contributed by atoms with E-state index >= 15 is 0 Å². The van der Waals surface area contributed by atoms with Crippen LogP contribution in [0.1, 0.15) is 38.1 Å². The Bertz CT molecular complexity index is 381. The van der Waals surface area contributed by atoms with Crippen LogP contribution in [0.2, 0.25) is 0 Å². The van der Waals surface area contributed by atoms with Gasteiger partial charge in [-0.05, 0) is 49.3 Å². The van der Waals surface area contributed by atoms with Gasteiger partial charge in [0.1, 0.15) is 0 Å². The van der Waals surface area contributed by atoms with Crippen LogP contribution in [-0.4, -0.2) is 35.2 Å². The van der Waals surface area contributed by atoms with E-state index in [1.807, 2.05) is 20.9 Å². The lowest BCUT2D eigenvalue weighted by molar-refractivity contribution is 0.0357. The van der Waals surface area contributed by atoms with Gasteiger partial charge in [0.2, 0.25) is 0 Å². The monoisotopic (exact) mass is 334 g/mol. The second kappa shape index (κ2) is 6.48. The number of rotatable bonds is 6. The highest BCUT2D eigenvalue weighted by Crippen LogP contribution is 2.34. The topological polar surface area (TPSA) is 49.5 Å². The molecule has 18 heavy (non-hydrogen) atoms. The Kier molecular flexibility index (Phi) is 5.80. The Hall–Kier alpha value is 0.0600. The van der Waals surface area contributed by atoms with E-state index in [0.717, 1.165) is 10.9 Å². The molecule has 0 saturated heterocycles. The quantitative estimate of drug-likeness (QED) is 0.840. The van der Waals surface area contributed by atoms with E-state index in [1.165, 1.54) is 4.88 Å². The van der Waals surface area contributed by atoms with Crippen LogP contribution in [0.4, 0.5) is 0 Å². The maximum Gasteiger partial charge on any atom is 0.0610 e. The standard InChI is InChI=1S/C13H23BrN2OS/c1-5-10(15)12(11-6-9(14)7-18-11)16(4)13(2,3)8-17/h6-7,10,12,17H,5,8,15H2,1-4H3. The summed E-state index contributed by atoms with van der Waals surface area (Å²) in [5.74, 6) is 0. The molecule has 1 rings (SSSR count). The highest BCUT2D eigenvalue weighted by molar-refractivity contribution is 9.10. The molecule has 1 aromatic rings. The summed E-state index contributed by atoms with van der Waals surface area (Å²) in [6.45, 7) is 6.28. The molecule has 104 valence electrons. The van der Waals surface area contributed by atoms with Crippen LogP contribution >= 0.6 is 27.3 Å². The molecule has 0 aromatic carbocycles. The van der Waals surface area contributed by atoms with Crippen molar-refractivity contribution in [2.75, 3.05) is 13.7 Å². The lowest BCUT2D eigenvalue weighted by Gasteiger charge is -2.42. The highest BCUT2D eigenvalue weighted by Gasteiger charge is 2.33. The third kappa shape index (κ3) is 3.54. The molecular formula is C13H23BrN2OS. The van der Waals surface area contributed by atoms with Gasteiger partial charge in [0.25, 0.3) is 0 Å². The number of nitrogens with zero attached hydrogens (tertiary/aromatic N) is 1. The third-order valence-corrected chi connectivity index (χ3v) is 5.28. The molecule has 0 spiro atoms. The van der Waals surface area contributed by atoms with Gasteiger partial charge in [-0.2, -0.15) is 0 Å². The second-order valence-corrected chi connectivity index (χ2v) is 7.12. The maximum absolute atomic E-state index is 9.53. The smallest absolute Gasteiger partial charge is 0.0610 e. The van der Waals surface area contributed by atoms with Crippen LogP contribution in [0.15, 0.2) is 15.9 Å². The number of likely N-dealkylation sites (N-methyl/N-ethyl adjacent to an activating group) is 1. The molecule has 5 heteroatoms. The molecule has 0 aliphatic heterocycles. The van der Waals surface area contributed by atoms with Gasteiger partial charge in [-0.3, -0.25) is 4.90 Å². The fourth-order valence-electron chi connectivity index (χ4n) is 1.88. The molecular weight excluding hydrogens is 312 g/mol. The molecule has 1 heterocycles. The van der Waals surface area contributed by atoms with Gasteiger partial charge in [0, 0.05) is 26.3 Å². The van der Waals surface area contributed by atoms with Crippen LogP contribution in [0.3, 0.4) is 0 Å². The van der Waals surface area contributed by atoms with Crippen molar-refractivity contribution in [2.24, 2.45) is 5.73 Å². The van der Waals surface area contributed by atoms with Crippen molar-refractivity contribution in [3.05, 3.63) is 20.8 Å². The largest absolute Gasteiger partial charge is 0.394 e. The zero-order chi connectivity index (χ0) is 13.9. The first kappa shape index (κ1) is 16.1. The van der Waals surface area contributed by atoms with Crippen LogP contribution in [0, 0.1) is 0 Å². The Morgan fingerprint density at radius 2 is 2.17 bits per heavy atom. The van der Waals surface area contributed by atoms with Crippen molar-refractivity contribution >= 4 is 27.3 Å². The van der Waals surface area contributed by atoms with E-state index in [9.17, 15) is 5.11 Å². The summed E-state index contributed by atoms with van der Waals surface area (Å²) >= 11 is 5.20. The number of hydrogen-bond donors (Lipinski definition) is 2. The van der Waals surface area contributed by atoms with Crippen LogP contribution in [0.5, 0.6) is 0 Å². The summed E-state index contributed by atoms with van der Waals surface area (Å²) in [7, 11) is 2.03. The molecule has 0 aliphatic carbocycles. The average Bonchev–Trinajstić information content (AvgIpc) is 2.75. The van der Waals surface area contributed by atoms with E-state index in [1.54, 1.807) is 11.3 Å². The predicted octanol–water partition coefficient (Wildman–Crippen LogP) is 2.99. The van der Waals surface area contributed by atoms with Gasteiger partial charge in [0.15, 0.2) is 0 Å². The summed E-state index contributed by atoms with van der Waals surface area (Å²) < 4.78 is 1.09. The van der Waals surface area contributed by atoms with E-state index in [4.69, 9.17) is 5.73 Å². The predicted molar refractivity (Wildman–Crippen MR) is 82.0 cm³/mol. The fraction of sp³-hybridized carbons (Fsp3) is 0.692. The minimum atomic E-state index is -0.284. The number of thiophene rings is 1. The van der Waals surface area contributed by atoms with Gasteiger partial charge in [-0.1, -0.05) is 6.92 Å².